The molecule has 1 N–H and O–H groups in total. The Balaban J connectivity index is 2.07. The van der Waals surface area contributed by atoms with Crippen LogP contribution in [0.4, 0.5) is 4.79 Å². The standard InChI is InChI=1S/C12H19N3O2/c1-12(2,3)17-11(16)15-6-4-5-10(15)9-7-13-8-14-9/h7-8,10H,4-6H2,1-3H3,(H,13,14). The molecule has 2 heterocycles. The van der Waals surface area contributed by atoms with Gasteiger partial charge in [-0.05, 0) is 33.6 Å². The monoisotopic (exact) mass is 237 g/mol. The van der Waals surface area contributed by atoms with E-state index in [-0.39, 0.29) is 12.1 Å². The van der Waals surface area contributed by atoms with E-state index in [1.54, 1.807) is 17.4 Å². The van der Waals surface area contributed by atoms with E-state index in [0.717, 1.165) is 25.1 Å². The Kier molecular flexibility index (Phi) is 3.09. The van der Waals surface area contributed by atoms with Gasteiger partial charge in [0.25, 0.3) is 0 Å². The number of nitrogens with one attached hydrogen (secondary N) is 1. The summed E-state index contributed by atoms with van der Waals surface area (Å²) in [5.41, 5.74) is 0.534. The summed E-state index contributed by atoms with van der Waals surface area (Å²) in [4.78, 5) is 20.9. The number of carbonyl (C=O) groups excluding carboxylic acids is 1. The lowest BCUT2D eigenvalue weighted by Gasteiger charge is -2.28. The minimum absolute atomic E-state index is 0.0762. The van der Waals surface area contributed by atoms with Crippen LogP contribution in [0.15, 0.2) is 12.5 Å². The minimum Gasteiger partial charge on any atom is -0.444 e. The molecule has 0 spiro atoms. The second-order valence-corrected chi connectivity index (χ2v) is 5.34. The summed E-state index contributed by atoms with van der Waals surface area (Å²) in [7, 11) is 0. The minimum atomic E-state index is -0.446. The van der Waals surface area contributed by atoms with Gasteiger partial charge in [0.2, 0.25) is 0 Å². The van der Waals surface area contributed by atoms with Crippen molar-refractivity contribution < 1.29 is 9.53 Å². The molecule has 1 aromatic rings. The van der Waals surface area contributed by atoms with Gasteiger partial charge in [0.1, 0.15) is 5.60 Å². The first-order valence-electron chi connectivity index (χ1n) is 5.95. The molecule has 1 amide bonds. The van der Waals surface area contributed by atoms with Crippen LogP contribution in [0.25, 0.3) is 0 Å². The van der Waals surface area contributed by atoms with Crippen molar-refractivity contribution >= 4 is 6.09 Å². The molecule has 5 heteroatoms. The van der Waals surface area contributed by atoms with Crippen molar-refractivity contribution in [2.24, 2.45) is 0 Å². The summed E-state index contributed by atoms with van der Waals surface area (Å²) in [6.07, 6.45) is 5.13. The maximum Gasteiger partial charge on any atom is 0.410 e. The summed E-state index contributed by atoms with van der Waals surface area (Å²) in [6, 6.07) is 0.0762. The fourth-order valence-corrected chi connectivity index (χ4v) is 2.08. The highest BCUT2D eigenvalue weighted by molar-refractivity contribution is 5.69. The van der Waals surface area contributed by atoms with E-state index in [0.29, 0.717) is 0 Å². The molecule has 1 saturated heterocycles. The number of H-pyrrole nitrogens is 1. The number of rotatable bonds is 1. The van der Waals surface area contributed by atoms with Crippen molar-refractivity contribution in [3.05, 3.63) is 18.2 Å². The number of likely N-dealkylation sites (tertiary alicyclic amines) is 1. The Bertz CT molecular complexity index is 381. The van der Waals surface area contributed by atoms with Crippen molar-refractivity contribution in [3.8, 4) is 0 Å². The van der Waals surface area contributed by atoms with E-state index >= 15 is 0 Å². The number of nitrogens with zero attached hydrogens (tertiary/aromatic N) is 2. The largest absolute Gasteiger partial charge is 0.444 e. The molecule has 0 aromatic carbocycles. The summed E-state index contributed by atoms with van der Waals surface area (Å²) < 4.78 is 5.40. The Morgan fingerprint density at radius 3 is 2.94 bits per heavy atom. The van der Waals surface area contributed by atoms with Gasteiger partial charge in [0, 0.05) is 6.54 Å². The van der Waals surface area contributed by atoms with Crippen molar-refractivity contribution in [2.75, 3.05) is 6.54 Å². The predicted octanol–water partition coefficient (Wildman–Crippen LogP) is 2.48. The van der Waals surface area contributed by atoms with Crippen LogP contribution < -0.4 is 0 Å². The van der Waals surface area contributed by atoms with Crippen molar-refractivity contribution in [3.63, 3.8) is 0 Å². The maximum atomic E-state index is 12.0. The second kappa shape index (κ2) is 4.39. The van der Waals surface area contributed by atoms with Gasteiger partial charge in [-0.25, -0.2) is 9.78 Å². The molecule has 1 fully saturated rings. The van der Waals surface area contributed by atoms with E-state index < -0.39 is 5.60 Å². The summed E-state index contributed by atoms with van der Waals surface area (Å²) >= 11 is 0. The highest BCUT2D eigenvalue weighted by Crippen LogP contribution is 2.31. The lowest BCUT2D eigenvalue weighted by Crippen LogP contribution is -2.36. The number of carbonyl (C=O) groups is 1. The van der Waals surface area contributed by atoms with Crippen LogP contribution in [-0.4, -0.2) is 33.1 Å². The Hall–Kier alpha value is -1.52. The van der Waals surface area contributed by atoms with Crippen LogP contribution in [0.5, 0.6) is 0 Å². The molecule has 5 nitrogen and oxygen atoms in total. The van der Waals surface area contributed by atoms with Gasteiger partial charge in [0.15, 0.2) is 0 Å². The molecule has 0 aliphatic carbocycles. The van der Waals surface area contributed by atoms with Crippen LogP contribution in [-0.2, 0) is 4.74 Å². The molecule has 17 heavy (non-hydrogen) atoms. The van der Waals surface area contributed by atoms with E-state index in [2.05, 4.69) is 9.97 Å². The predicted molar refractivity (Wildman–Crippen MR) is 63.5 cm³/mol. The van der Waals surface area contributed by atoms with Crippen LogP contribution >= 0.6 is 0 Å². The first-order chi connectivity index (χ1) is 7.97. The van der Waals surface area contributed by atoms with Gasteiger partial charge in [-0.2, -0.15) is 0 Å². The van der Waals surface area contributed by atoms with Crippen LogP contribution in [0.1, 0.15) is 45.3 Å². The zero-order valence-corrected chi connectivity index (χ0v) is 10.6. The third-order valence-electron chi connectivity index (χ3n) is 2.76. The molecule has 94 valence electrons. The highest BCUT2D eigenvalue weighted by Gasteiger charge is 2.33. The molecule has 0 bridgehead atoms. The molecule has 2 rings (SSSR count). The Morgan fingerprint density at radius 1 is 1.59 bits per heavy atom. The number of hydrogen-bond donors (Lipinski definition) is 1. The molecule has 0 saturated carbocycles. The molecule has 1 aliphatic rings. The maximum absolute atomic E-state index is 12.0. The van der Waals surface area contributed by atoms with Gasteiger partial charge in [0.05, 0.1) is 24.3 Å². The number of amides is 1. The lowest BCUT2D eigenvalue weighted by molar-refractivity contribution is 0.0222. The van der Waals surface area contributed by atoms with Crippen LogP contribution in [0.3, 0.4) is 0 Å². The number of imidazole rings is 1. The number of ether oxygens (including phenoxy) is 1. The first kappa shape index (κ1) is 12.0. The topological polar surface area (TPSA) is 58.2 Å². The number of aromatic nitrogens is 2. The van der Waals surface area contributed by atoms with E-state index in [9.17, 15) is 4.79 Å². The van der Waals surface area contributed by atoms with Crippen LogP contribution in [0, 0.1) is 0 Å². The van der Waals surface area contributed by atoms with Gasteiger partial charge < -0.3 is 9.72 Å². The van der Waals surface area contributed by atoms with Gasteiger partial charge in [-0.15, -0.1) is 0 Å². The lowest BCUT2D eigenvalue weighted by atomic mass is 10.1. The van der Waals surface area contributed by atoms with Gasteiger partial charge >= 0.3 is 6.09 Å². The molecule has 0 radical (unpaired) electrons. The third kappa shape index (κ3) is 2.78. The molecule has 1 unspecified atom stereocenters. The molecule has 1 aromatic heterocycles. The number of hydrogen-bond acceptors (Lipinski definition) is 3. The fraction of sp³-hybridized carbons (Fsp3) is 0.667. The molecule has 1 atom stereocenters. The molecular formula is C12H19N3O2. The Morgan fingerprint density at radius 2 is 2.35 bits per heavy atom. The number of aromatic amines is 1. The first-order valence-corrected chi connectivity index (χ1v) is 5.95. The quantitative estimate of drug-likeness (QED) is 0.816. The Labute approximate surface area is 101 Å². The zero-order chi connectivity index (χ0) is 12.5. The smallest absolute Gasteiger partial charge is 0.410 e. The SMILES string of the molecule is CC(C)(C)OC(=O)N1CCCC1c1cnc[nH]1. The van der Waals surface area contributed by atoms with Crippen molar-refractivity contribution in [2.45, 2.75) is 45.3 Å². The summed E-state index contributed by atoms with van der Waals surface area (Å²) in [6.45, 7) is 6.39. The average Bonchev–Trinajstić information content (AvgIpc) is 2.85. The average molecular weight is 237 g/mol. The summed E-state index contributed by atoms with van der Waals surface area (Å²) in [5, 5.41) is 0. The van der Waals surface area contributed by atoms with E-state index in [1.807, 2.05) is 20.8 Å². The third-order valence-corrected chi connectivity index (χ3v) is 2.76. The molecular weight excluding hydrogens is 218 g/mol. The zero-order valence-electron chi connectivity index (χ0n) is 10.6. The van der Waals surface area contributed by atoms with Crippen molar-refractivity contribution in [1.29, 1.82) is 0 Å². The van der Waals surface area contributed by atoms with E-state index in [4.69, 9.17) is 4.74 Å². The summed E-state index contributed by atoms with van der Waals surface area (Å²) in [5.74, 6) is 0. The van der Waals surface area contributed by atoms with Gasteiger partial charge in [-0.1, -0.05) is 0 Å². The second-order valence-electron chi connectivity index (χ2n) is 5.34. The van der Waals surface area contributed by atoms with Crippen LogP contribution in [0.2, 0.25) is 0 Å². The normalized spacial score (nSPS) is 20.6. The van der Waals surface area contributed by atoms with E-state index in [1.165, 1.54) is 0 Å². The fourth-order valence-electron chi connectivity index (χ4n) is 2.08. The molecule has 1 aliphatic heterocycles. The highest BCUT2D eigenvalue weighted by atomic mass is 16.6. The van der Waals surface area contributed by atoms with Gasteiger partial charge in [-0.3, -0.25) is 4.90 Å². The van der Waals surface area contributed by atoms with Crippen molar-refractivity contribution in [1.82, 2.24) is 14.9 Å².